The molecule has 3 heteroatoms. The lowest BCUT2D eigenvalue weighted by Crippen LogP contribution is -2.43. The Labute approximate surface area is 90.8 Å². The zero-order valence-electron chi connectivity index (χ0n) is 9.16. The number of carbonyl (C=O) groups is 2. The Morgan fingerprint density at radius 2 is 1.93 bits per heavy atom. The van der Waals surface area contributed by atoms with Crippen molar-refractivity contribution in [1.82, 2.24) is 4.90 Å². The molecule has 15 heavy (non-hydrogen) atoms. The first-order valence-electron chi connectivity index (χ1n) is 5.41. The highest BCUT2D eigenvalue weighted by Gasteiger charge is 2.29. The number of terminal acetylenes is 1. The summed E-state index contributed by atoms with van der Waals surface area (Å²) in [5.41, 5.74) is 0. The van der Waals surface area contributed by atoms with Crippen molar-refractivity contribution in [3.8, 4) is 12.3 Å². The summed E-state index contributed by atoms with van der Waals surface area (Å²) in [4.78, 5) is 24.5. The van der Waals surface area contributed by atoms with Crippen molar-refractivity contribution in [3.05, 3.63) is 0 Å². The van der Waals surface area contributed by atoms with Gasteiger partial charge < -0.3 is 0 Å². The summed E-state index contributed by atoms with van der Waals surface area (Å²) in [5, 5.41) is 0. The summed E-state index contributed by atoms with van der Waals surface area (Å²) in [7, 11) is 0. The summed E-state index contributed by atoms with van der Waals surface area (Å²) in [6.45, 7) is 2.47. The Balaban J connectivity index is 2.37. The van der Waals surface area contributed by atoms with Crippen molar-refractivity contribution in [2.24, 2.45) is 5.92 Å². The number of carbonyl (C=O) groups excluding carboxylic acids is 2. The molecule has 0 aliphatic carbocycles. The maximum Gasteiger partial charge on any atom is 0.229 e. The lowest BCUT2D eigenvalue weighted by molar-refractivity contribution is -0.149. The number of nitrogens with zero attached hydrogens (tertiary/aromatic N) is 1. The molecular weight excluding hydrogens is 190 g/mol. The first kappa shape index (κ1) is 11.8. The van der Waals surface area contributed by atoms with E-state index in [0.717, 1.165) is 12.8 Å². The fourth-order valence-electron chi connectivity index (χ4n) is 1.77. The minimum atomic E-state index is -0.0283. The van der Waals surface area contributed by atoms with Gasteiger partial charge in [-0.3, -0.25) is 14.5 Å². The number of hydrogen-bond acceptors (Lipinski definition) is 2. The second kappa shape index (κ2) is 5.55. The van der Waals surface area contributed by atoms with Gasteiger partial charge in [0.05, 0.1) is 0 Å². The van der Waals surface area contributed by atoms with Gasteiger partial charge in [0.1, 0.15) is 0 Å². The first-order chi connectivity index (χ1) is 7.15. The third kappa shape index (κ3) is 3.39. The van der Waals surface area contributed by atoms with Crippen LogP contribution in [0.1, 0.15) is 39.0 Å². The Morgan fingerprint density at radius 1 is 1.33 bits per heavy atom. The topological polar surface area (TPSA) is 37.4 Å². The molecule has 0 aromatic rings. The molecule has 1 aliphatic heterocycles. The third-order valence-electron chi connectivity index (χ3n) is 2.60. The van der Waals surface area contributed by atoms with Crippen molar-refractivity contribution < 1.29 is 9.59 Å². The van der Waals surface area contributed by atoms with Gasteiger partial charge in [-0.15, -0.1) is 12.3 Å². The zero-order chi connectivity index (χ0) is 11.3. The highest BCUT2D eigenvalue weighted by molar-refractivity contribution is 5.97. The molecule has 1 rings (SSSR count). The first-order valence-corrected chi connectivity index (χ1v) is 5.41. The molecule has 0 atom stereocenters. The van der Waals surface area contributed by atoms with Crippen molar-refractivity contribution >= 4 is 11.8 Å². The molecule has 2 amide bonds. The van der Waals surface area contributed by atoms with Crippen LogP contribution in [-0.2, 0) is 9.59 Å². The van der Waals surface area contributed by atoms with Gasteiger partial charge in [0.25, 0.3) is 0 Å². The summed E-state index contributed by atoms with van der Waals surface area (Å²) in [6, 6.07) is 0. The molecule has 1 heterocycles. The molecule has 3 nitrogen and oxygen atoms in total. The monoisotopic (exact) mass is 207 g/mol. The van der Waals surface area contributed by atoms with E-state index >= 15 is 0 Å². The quantitative estimate of drug-likeness (QED) is 0.398. The van der Waals surface area contributed by atoms with Crippen molar-refractivity contribution in [3.63, 3.8) is 0 Å². The molecule has 1 aliphatic rings. The van der Waals surface area contributed by atoms with Gasteiger partial charge in [-0.05, 0) is 18.8 Å². The molecular formula is C12H17NO2. The van der Waals surface area contributed by atoms with Gasteiger partial charge in [-0.1, -0.05) is 6.92 Å². The average molecular weight is 207 g/mol. The van der Waals surface area contributed by atoms with Gasteiger partial charge >= 0.3 is 0 Å². The predicted molar refractivity (Wildman–Crippen MR) is 57.8 cm³/mol. The fourth-order valence-corrected chi connectivity index (χ4v) is 1.77. The Bertz CT molecular complexity index is 272. The van der Waals surface area contributed by atoms with Gasteiger partial charge in [-0.25, -0.2) is 0 Å². The third-order valence-corrected chi connectivity index (χ3v) is 2.60. The van der Waals surface area contributed by atoms with Crippen LogP contribution >= 0.6 is 0 Å². The van der Waals surface area contributed by atoms with Crippen LogP contribution in [0.5, 0.6) is 0 Å². The average Bonchev–Trinajstić information content (AvgIpc) is 2.15. The highest BCUT2D eigenvalue weighted by Crippen LogP contribution is 2.19. The molecule has 0 aromatic carbocycles. The molecule has 0 aromatic heterocycles. The standard InChI is InChI=1S/C12H17NO2/c1-3-4-5-6-7-13-11(14)8-10(2)9-12(13)15/h1,10H,4-9H2,2H3. The lowest BCUT2D eigenvalue weighted by atomic mass is 9.97. The molecule has 1 fully saturated rings. The van der Waals surface area contributed by atoms with E-state index in [1.165, 1.54) is 4.90 Å². The van der Waals surface area contributed by atoms with E-state index < -0.39 is 0 Å². The number of rotatable bonds is 4. The number of hydrogen-bond donors (Lipinski definition) is 0. The smallest absolute Gasteiger partial charge is 0.229 e. The number of unbranched alkanes of at least 4 members (excludes halogenated alkanes) is 2. The molecule has 0 N–H and O–H groups in total. The van der Waals surface area contributed by atoms with Crippen LogP contribution in [0.15, 0.2) is 0 Å². The van der Waals surface area contributed by atoms with Crippen molar-refractivity contribution in [2.75, 3.05) is 6.54 Å². The maximum absolute atomic E-state index is 11.5. The Hall–Kier alpha value is -1.30. The van der Waals surface area contributed by atoms with Gasteiger partial charge in [-0.2, -0.15) is 0 Å². The Kier molecular flexibility index (Phi) is 4.36. The number of likely N-dealkylation sites (tertiary alicyclic amines) is 1. The molecule has 0 saturated carbocycles. The van der Waals surface area contributed by atoms with Crippen LogP contribution < -0.4 is 0 Å². The van der Waals surface area contributed by atoms with Crippen molar-refractivity contribution in [1.29, 1.82) is 0 Å². The van der Waals surface area contributed by atoms with E-state index in [0.29, 0.717) is 25.8 Å². The highest BCUT2D eigenvalue weighted by atomic mass is 16.2. The van der Waals surface area contributed by atoms with Crippen LogP contribution in [0.4, 0.5) is 0 Å². The zero-order valence-corrected chi connectivity index (χ0v) is 9.16. The minimum Gasteiger partial charge on any atom is -0.283 e. The summed E-state index contributed by atoms with van der Waals surface area (Å²) >= 11 is 0. The van der Waals surface area contributed by atoms with Crippen LogP contribution in [0, 0.1) is 18.3 Å². The summed E-state index contributed by atoms with van der Waals surface area (Å²) in [6.07, 6.45) is 8.53. The number of amides is 2. The summed E-state index contributed by atoms with van der Waals surface area (Å²) < 4.78 is 0. The predicted octanol–water partition coefficient (Wildman–Crippen LogP) is 1.57. The van der Waals surface area contributed by atoms with Crippen LogP contribution in [-0.4, -0.2) is 23.3 Å². The van der Waals surface area contributed by atoms with E-state index in [1.54, 1.807) is 0 Å². The van der Waals surface area contributed by atoms with Gasteiger partial charge in [0.15, 0.2) is 0 Å². The molecule has 0 radical (unpaired) electrons. The lowest BCUT2D eigenvalue weighted by Gasteiger charge is -2.28. The van der Waals surface area contributed by atoms with E-state index in [4.69, 9.17) is 6.42 Å². The van der Waals surface area contributed by atoms with E-state index in [-0.39, 0.29) is 17.7 Å². The fraction of sp³-hybridized carbons (Fsp3) is 0.667. The SMILES string of the molecule is C#CCCCCN1C(=O)CC(C)CC1=O. The van der Waals surface area contributed by atoms with Crippen LogP contribution in [0.25, 0.3) is 0 Å². The van der Waals surface area contributed by atoms with E-state index in [9.17, 15) is 9.59 Å². The van der Waals surface area contributed by atoms with Crippen LogP contribution in [0.3, 0.4) is 0 Å². The molecule has 0 bridgehead atoms. The number of piperidine rings is 1. The molecule has 1 saturated heterocycles. The second-order valence-electron chi connectivity index (χ2n) is 4.11. The van der Waals surface area contributed by atoms with Crippen molar-refractivity contribution in [2.45, 2.75) is 39.0 Å². The Morgan fingerprint density at radius 3 is 2.47 bits per heavy atom. The minimum absolute atomic E-state index is 0.0283. The molecule has 82 valence electrons. The van der Waals surface area contributed by atoms with Crippen LogP contribution in [0.2, 0.25) is 0 Å². The maximum atomic E-state index is 11.5. The molecule has 0 spiro atoms. The van der Waals surface area contributed by atoms with E-state index in [2.05, 4.69) is 5.92 Å². The molecule has 0 unspecified atom stereocenters. The van der Waals surface area contributed by atoms with Gasteiger partial charge in [0, 0.05) is 25.8 Å². The normalized spacial score (nSPS) is 18.0. The number of imide groups is 1. The largest absolute Gasteiger partial charge is 0.283 e. The van der Waals surface area contributed by atoms with Gasteiger partial charge in [0.2, 0.25) is 11.8 Å². The van der Waals surface area contributed by atoms with E-state index in [1.807, 2.05) is 6.92 Å². The summed E-state index contributed by atoms with van der Waals surface area (Å²) in [5.74, 6) is 2.69. The second-order valence-corrected chi connectivity index (χ2v) is 4.11.